The Morgan fingerprint density at radius 1 is 1.08 bits per heavy atom. The average molecular weight is 343 g/mol. The molecule has 0 saturated heterocycles. The number of rotatable bonds is 2. The van der Waals surface area contributed by atoms with Crippen LogP contribution >= 0.6 is 0 Å². The molecule has 132 valence electrons. The lowest BCUT2D eigenvalue weighted by atomic mass is 9.85. The van der Waals surface area contributed by atoms with Gasteiger partial charge in [0, 0.05) is 18.0 Å². The van der Waals surface area contributed by atoms with Gasteiger partial charge in [-0.3, -0.25) is 4.79 Å². The molecule has 1 aliphatic carbocycles. The number of fused-ring (bicyclic) bond motifs is 1. The molecule has 7 heteroatoms. The van der Waals surface area contributed by atoms with Crippen LogP contribution in [0.4, 0.5) is 13.2 Å². The largest absolute Gasteiger partial charge is 0.490 e. The molecule has 2 atom stereocenters. The summed E-state index contributed by atoms with van der Waals surface area (Å²) in [7, 11) is 0. The van der Waals surface area contributed by atoms with E-state index in [2.05, 4.69) is 5.32 Å². The highest BCUT2D eigenvalue weighted by atomic mass is 19.4. The van der Waals surface area contributed by atoms with Crippen LogP contribution in [0.15, 0.2) is 18.2 Å². The van der Waals surface area contributed by atoms with Crippen LogP contribution in [-0.4, -0.2) is 31.3 Å². The Balaban J connectivity index is 1.65. The van der Waals surface area contributed by atoms with Gasteiger partial charge in [-0.15, -0.1) is 0 Å². The van der Waals surface area contributed by atoms with E-state index in [1.54, 1.807) is 18.2 Å². The number of benzene rings is 1. The Hall–Kier alpha value is -1.92. The molecule has 0 spiro atoms. The summed E-state index contributed by atoms with van der Waals surface area (Å²) in [5.74, 6) is -0.630. The Kier molecular flexibility index (Phi) is 4.87. The topological polar surface area (TPSA) is 47.6 Å². The predicted molar refractivity (Wildman–Crippen MR) is 81.3 cm³/mol. The first-order chi connectivity index (χ1) is 11.4. The van der Waals surface area contributed by atoms with Crippen LogP contribution in [-0.2, 0) is 0 Å². The average Bonchev–Trinajstić information content (AvgIpc) is 2.78. The summed E-state index contributed by atoms with van der Waals surface area (Å²) in [6.07, 6.45) is -2.31. The number of hydrogen-bond donors (Lipinski definition) is 1. The normalized spacial score (nSPS) is 24.1. The van der Waals surface area contributed by atoms with Crippen molar-refractivity contribution in [3.05, 3.63) is 23.8 Å². The molecular formula is C17H20F3NO3. The second-order valence-corrected chi connectivity index (χ2v) is 6.29. The van der Waals surface area contributed by atoms with Crippen molar-refractivity contribution in [2.75, 3.05) is 13.2 Å². The zero-order valence-electron chi connectivity index (χ0n) is 13.2. The standard InChI is InChI=1S/C17H20F3NO3/c18-17(19,20)12-3-1-4-13(10-12)21-16(22)11-5-6-14-15(9-11)24-8-2-7-23-14/h5-6,9,12-13H,1-4,7-8,10H2,(H,21,22)/t12-,13+/m0/s1. The van der Waals surface area contributed by atoms with Gasteiger partial charge < -0.3 is 14.8 Å². The number of amides is 1. The molecule has 1 heterocycles. The predicted octanol–water partition coefficient (Wildman–Crippen LogP) is 3.70. The van der Waals surface area contributed by atoms with Crippen molar-refractivity contribution in [2.45, 2.75) is 44.3 Å². The number of halogens is 3. The number of ether oxygens (including phenoxy) is 2. The molecular weight excluding hydrogens is 323 g/mol. The number of carbonyl (C=O) groups excluding carboxylic acids is 1. The van der Waals surface area contributed by atoms with E-state index in [1.807, 2.05) is 0 Å². The molecule has 0 aromatic heterocycles. The third-order valence-corrected chi connectivity index (χ3v) is 4.48. The highest BCUT2D eigenvalue weighted by Crippen LogP contribution is 2.37. The van der Waals surface area contributed by atoms with Gasteiger partial charge in [-0.1, -0.05) is 6.42 Å². The van der Waals surface area contributed by atoms with E-state index in [1.165, 1.54) is 0 Å². The first kappa shape index (κ1) is 16.9. The van der Waals surface area contributed by atoms with E-state index < -0.39 is 18.1 Å². The fraction of sp³-hybridized carbons (Fsp3) is 0.588. The van der Waals surface area contributed by atoms with Crippen LogP contribution in [0.3, 0.4) is 0 Å². The van der Waals surface area contributed by atoms with Crippen molar-refractivity contribution >= 4 is 5.91 Å². The molecule has 1 fully saturated rings. The third kappa shape index (κ3) is 3.94. The molecule has 1 aliphatic heterocycles. The summed E-state index contributed by atoms with van der Waals surface area (Å²) in [6.45, 7) is 1.06. The van der Waals surface area contributed by atoms with Crippen molar-refractivity contribution in [3.63, 3.8) is 0 Å². The van der Waals surface area contributed by atoms with Gasteiger partial charge in [0.25, 0.3) is 5.91 Å². The van der Waals surface area contributed by atoms with Gasteiger partial charge >= 0.3 is 6.18 Å². The monoisotopic (exact) mass is 343 g/mol. The molecule has 1 aromatic carbocycles. The summed E-state index contributed by atoms with van der Waals surface area (Å²) >= 11 is 0. The minimum Gasteiger partial charge on any atom is -0.490 e. The van der Waals surface area contributed by atoms with E-state index in [9.17, 15) is 18.0 Å². The molecule has 0 radical (unpaired) electrons. The number of nitrogens with one attached hydrogen (secondary N) is 1. The van der Waals surface area contributed by atoms with Gasteiger partial charge in [-0.2, -0.15) is 13.2 Å². The molecule has 2 aliphatic rings. The lowest BCUT2D eigenvalue weighted by Crippen LogP contribution is -2.41. The SMILES string of the molecule is O=C(N[C@@H]1CCC[C@H](C(F)(F)F)C1)c1ccc2c(c1)OCCCO2. The van der Waals surface area contributed by atoms with Crippen LogP contribution in [0.2, 0.25) is 0 Å². The lowest BCUT2D eigenvalue weighted by Gasteiger charge is -2.31. The van der Waals surface area contributed by atoms with Crippen LogP contribution in [0, 0.1) is 5.92 Å². The van der Waals surface area contributed by atoms with Crippen LogP contribution in [0.25, 0.3) is 0 Å². The molecule has 0 bridgehead atoms. The first-order valence-electron chi connectivity index (χ1n) is 8.21. The van der Waals surface area contributed by atoms with E-state index in [0.29, 0.717) is 43.1 Å². The van der Waals surface area contributed by atoms with Gasteiger partial charge in [0.05, 0.1) is 19.1 Å². The molecule has 24 heavy (non-hydrogen) atoms. The molecule has 1 N–H and O–H groups in total. The number of carbonyl (C=O) groups is 1. The molecule has 1 aromatic rings. The van der Waals surface area contributed by atoms with Crippen molar-refractivity contribution in [3.8, 4) is 11.5 Å². The second kappa shape index (κ2) is 6.91. The quantitative estimate of drug-likeness (QED) is 0.891. The minimum absolute atomic E-state index is 0.0558. The lowest BCUT2D eigenvalue weighted by molar-refractivity contribution is -0.183. The van der Waals surface area contributed by atoms with Gasteiger partial charge in [0.15, 0.2) is 11.5 Å². The fourth-order valence-electron chi connectivity index (χ4n) is 3.19. The van der Waals surface area contributed by atoms with Gasteiger partial charge in [0.2, 0.25) is 0 Å². The summed E-state index contributed by atoms with van der Waals surface area (Å²) < 4.78 is 49.6. The van der Waals surface area contributed by atoms with Crippen molar-refractivity contribution in [2.24, 2.45) is 5.92 Å². The van der Waals surface area contributed by atoms with E-state index in [4.69, 9.17) is 9.47 Å². The Bertz CT molecular complexity index is 603. The molecule has 0 unspecified atom stereocenters. The number of hydrogen-bond acceptors (Lipinski definition) is 3. The zero-order valence-corrected chi connectivity index (χ0v) is 13.2. The van der Waals surface area contributed by atoms with Crippen molar-refractivity contribution < 1.29 is 27.4 Å². The maximum Gasteiger partial charge on any atom is 0.391 e. The van der Waals surface area contributed by atoms with Crippen LogP contribution in [0.5, 0.6) is 11.5 Å². The summed E-state index contributed by atoms with van der Waals surface area (Å²) in [5.41, 5.74) is 0.369. The maximum atomic E-state index is 12.9. The highest BCUT2D eigenvalue weighted by molar-refractivity contribution is 5.95. The fourth-order valence-corrected chi connectivity index (χ4v) is 3.19. The summed E-state index contributed by atoms with van der Waals surface area (Å²) in [6, 6.07) is 4.40. The molecule has 4 nitrogen and oxygen atoms in total. The smallest absolute Gasteiger partial charge is 0.391 e. The van der Waals surface area contributed by atoms with Gasteiger partial charge in [-0.05, 0) is 37.5 Å². The molecule has 3 rings (SSSR count). The third-order valence-electron chi connectivity index (χ3n) is 4.48. The van der Waals surface area contributed by atoms with E-state index in [0.717, 1.165) is 6.42 Å². The Labute approximate surface area is 138 Å². The first-order valence-corrected chi connectivity index (χ1v) is 8.21. The maximum absolute atomic E-state index is 12.9. The van der Waals surface area contributed by atoms with Crippen molar-refractivity contribution in [1.82, 2.24) is 5.32 Å². The zero-order chi connectivity index (χ0) is 17.2. The molecule has 1 amide bonds. The second-order valence-electron chi connectivity index (χ2n) is 6.29. The molecule has 1 saturated carbocycles. The Morgan fingerprint density at radius 2 is 1.83 bits per heavy atom. The van der Waals surface area contributed by atoms with Crippen LogP contribution in [0.1, 0.15) is 42.5 Å². The minimum atomic E-state index is -4.20. The van der Waals surface area contributed by atoms with E-state index in [-0.39, 0.29) is 18.7 Å². The number of alkyl halides is 3. The summed E-state index contributed by atoms with van der Waals surface area (Å²) in [4.78, 5) is 12.4. The van der Waals surface area contributed by atoms with Crippen molar-refractivity contribution in [1.29, 1.82) is 0 Å². The summed E-state index contributed by atoms with van der Waals surface area (Å²) in [5, 5.41) is 2.72. The van der Waals surface area contributed by atoms with Crippen LogP contribution < -0.4 is 14.8 Å². The van der Waals surface area contributed by atoms with Gasteiger partial charge in [-0.25, -0.2) is 0 Å². The van der Waals surface area contributed by atoms with Gasteiger partial charge in [0.1, 0.15) is 0 Å². The Morgan fingerprint density at radius 3 is 2.58 bits per heavy atom. The highest BCUT2D eigenvalue weighted by Gasteiger charge is 2.42. The van der Waals surface area contributed by atoms with E-state index >= 15 is 0 Å².